The number of ether oxygens (including phenoxy) is 1. The first-order valence-electron chi connectivity index (χ1n) is 5.64. The molecule has 2 atom stereocenters. The Morgan fingerprint density at radius 2 is 1.89 bits per heavy atom. The molecule has 0 aromatic heterocycles. The zero-order valence-electron chi connectivity index (χ0n) is 9.88. The van der Waals surface area contributed by atoms with E-state index in [0.717, 1.165) is 31.2 Å². The number of benzene rings is 1. The lowest BCUT2D eigenvalue weighted by atomic mass is 9.86. The van der Waals surface area contributed by atoms with E-state index in [1.54, 1.807) is 0 Å². The fourth-order valence-corrected chi connectivity index (χ4v) is 3.59. The summed E-state index contributed by atoms with van der Waals surface area (Å²) in [4.78, 5) is 11.4. The van der Waals surface area contributed by atoms with Crippen LogP contribution >= 0.6 is 31.9 Å². The fourth-order valence-electron chi connectivity index (χ4n) is 2.57. The lowest BCUT2D eigenvalue weighted by Crippen LogP contribution is -2.28. The van der Waals surface area contributed by atoms with E-state index in [2.05, 4.69) is 50.2 Å². The monoisotopic (exact) mass is 371 g/mol. The smallest absolute Gasteiger partial charge is 0.408 e. The van der Waals surface area contributed by atoms with Gasteiger partial charge in [0.1, 0.15) is 0 Å². The average molecular weight is 373 g/mol. The van der Waals surface area contributed by atoms with Gasteiger partial charge in [-0.05, 0) is 62.4 Å². The number of hydrogen-bond donors (Lipinski definition) is 1. The van der Waals surface area contributed by atoms with Crippen molar-refractivity contribution in [2.45, 2.75) is 26.0 Å². The second kappa shape index (κ2) is 4.10. The fraction of sp³-hybridized carbons (Fsp3) is 0.308. The van der Waals surface area contributed by atoms with Crippen LogP contribution in [0.25, 0.3) is 6.08 Å². The van der Waals surface area contributed by atoms with Crippen molar-refractivity contribution in [2.24, 2.45) is 0 Å². The Bertz CT molecular complexity index is 595. The molecule has 1 aliphatic heterocycles. The van der Waals surface area contributed by atoms with Gasteiger partial charge in [-0.2, -0.15) is 0 Å². The third kappa shape index (κ3) is 1.57. The third-order valence-corrected chi connectivity index (χ3v) is 6.06. The van der Waals surface area contributed by atoms with E-state index in [0.29, 0.717) is 0 Å². The summed E-state index contributed by atoms with van der Waals surface area (Å²) in [5.41, 5.74) is 4.49. The van der Waals surface area contributed by atoms with Gasteiger partial charge in [-0.25, -0.2) is 4.79 Å². The predicted octanol–water partition coefficient (Wildman–Crippen LogP) is 4.00. The van der Waals surface area contributed by atoms with E-state index in [1.807, 2.05) is 13.0 Å². The molecule has 1 N–H and O–H groups in total. The van der Waals surface area contributed by atoms with Gasteiger partial charge in [0.15, 0.2) is 6.10 Å². The zero-order chi connectivity index (χ0) is 13.0. The molecule has 1 heterocycles. The van der Waals surface area contributed by atoms with Gasteiger partial charge in [-0.1, -0.05) is 12.2 Å². The van der Waals surface area contributed by atoms with Crippen LogP contribution in [0.1, 0.15) is 28.4 Å². The molecule has 0 saturated carbocycles. The first-order chi connectivity index (χ1) is 8.50. The van der Waals surface area contributed by atoms with Crippen molar-refractivity contribution in [2.75, 3.05) is 0 Å². The van der Waals surface area contributed by atoms with Crippen LogP contribution in [0.2, 0.25) is 0 Å². The highest BCUT2D eigenvalue weighted by atomic mass is 79.9. The summed E-state index contributed by atoms with van der Waals surface area (Å²) in [6.07, 6.45) is 3.48. The Kier molecular flexibility index (Phi) is 2.79. The molecule has 2 aliphatic rings. The minimum atomic E-state index is -0.349. The molecule has 3 rings (SSSR count). The van der Waals surface area contributed by atoms with Crippen LogP contribution in [0, 0.1) is 13.8 Å². The first-order valence-corrected chi connectivity index (χ1v) is 7.22. The van der Waals surface area contributed by atoms with Crippen LogP contribution in [0.4, 0.5) is 4.79 Å². The van der Waals surface area contributed by atoms with Gasteiger partial charge >= 0.3 is 6.09 Å². The van der Waals surface area contributed by atoms with Crippen molar-refractivity contribution < 1.29 is 9.53 Å². The molecule has 94 valence electrons. The summed E-state index contributed by atoms with van der Waals surface area (Å²) in [6, 6.07) is -0.0591. The summed E-state index contributed by atoms with van der Waals surface area (Å²) in [5, 5.41) is 2.80. The molecule has 1 aromatic carbocycles. The van der Waals surface area contributed by atoms with Gasteiger partial charge in [0.05, 0.1) is 6.04 Å². The maximum Gasteiger partial charge on any atom is 0.408 e. The molecule has 1 fully saturated rings. The first kappa shape index (κ1) is 12.2. The highest BCUT2D eigenvalue weighted by molar-refractivity contribution is 9.13. The molecule has 1 aliphatic carbocycles. The molecule has 1 aromatic rings. The van der Waals surface area contributed by atoms with Gasteiger partial charge in [0.25, 0.3) is 0 Å². The lowest BCUT2D eigenvalue weighted by molar-refractivity contribution is 0.135. The van der Waals surface area contributed by atoms with Crippen molar-refractivity contribution in [3.63, 3.8) is 0 Å². The van der Waals surface area contributed by atoms with Crippen LogP contribution in [0.15, 0.2) is 15.0 Å². The molecule has 0 spiro atoms. The zero-order valence-corrected chi connectivity index (χ0v) is 13.1. The number of nitrogens with one attached hydrogen (secondary N) is 1. The quantitative estimate of drug-likeness (QED) is 0.747. The van der Waals surface area contributed by atoms with Crippen LogP contribution in [0.3, 0.4) is 0 Å². The third-order valence-electron chi connectivity index (χ3n) is 3.55. The summed E-state index contributed by atoms with van der Waals surface area (Å²) >= 11 is 7.18. The normalized spacial score (nSPS) is 24.3. The number of hydrogen-bond acceptors (Lipinski definition) is 2. The maximum absolute atomic E-state index is 11.4. The van der Waals surface area contributed by atoms with Crippen LogP contribution in [0.5, 0.6) is 0 Å². The van der Waals surface area contributed by atoms with E-state index in [9.17, 15) is 4.79 Å². The number of carbonyl (C=O) groups excluding carboxylic acids is 1. The summed E-state index contributed by atoms with van der Waals surface area (Å²) < 4.78 is 7.46. The van der Waals surface area contributed by atoms with Crippen molar-refractivity contribution in [3.8, 4) is 0 Å². The van der Waals surface area contributed by atoms with Crippen molar-refractivity contribution in [1.82, 2.24) is 5.32 Å². The molecule has 0 bridgehead atoms. The highest BCUT2D eigenvalue weighted by Crippen LogP contribution is 2.43. The lowest BCUT2D eigenvalue weighted by Gasteiger charge is -2.26. The standard InChI is InChI=1S/C13H11Br2NO2/c1-5-7-3-4-8-12(18-13(17)16-8)9(7)6(2)11(15)10(5)14/h3-4,8,12H,1-2H3,(H,16,17)/t8-,12-/m0/s1. The molecular weight excluding hydrogens is 362 g/mol. The summed E-state index contributed by atoms with van der Waals surface area (Å²) in [7, 11) is 0. The molecule has 3 nitrogen and oxygen atoms in total. The molecule has 5 heteroatoms. The van der Waals surface area contributed by atoms with Gasteiger partial charge in [0, 0.05) is 14.5 Å². The van der Waals surface area contributed by atoms with Crippen molar-refractivity contribution >= 4 is 44.0 Å². The largest absolute Gasteiger partial charge is 0.439 e. The number of fused-ring (bicyclic) bond motifs is 3. The number of halogens is 2. The summed E-state index contributed by atoms with van der Waals surface area (Å²) in [5.74, 6) is 0. The Morgan fingerprint density at radius 3 is 2.61 bits per heavy atom. The van der Waals surface area contributed by atoms with Crippen LogP contribution < -0.4 is 5.32 Å². The van der Waals surface area contributed by atoms with Crippen molar-refractivity contribution in [3.05, 3.63) is 37.3 Å². The minimum Gasteiger partial charge on any atom is -0.439 e. The number of alkyl carbamates (subject to hydrolysis) is 1. The molecule has 0 radical (unpaired) electrons. The van der Waals surface area contributed by atoms with E-state index in [1.165, 1.54) is 0 Å². The summed E-state index contributed by atoms with van der Waals surface area (Å²) in [6.45, 7) is 4.09. The topological polar surface area (TPSA) is 38.3 Å². The second-order valence-corrected chi connectivity index (χ2v) is 6.15. The van der Waals surface area contributed by atoms with Crippen LogP contribution in [-0.4, -0.2) is 12.1 Å². The van der Waals surface area contributed by atoms with E-state index in [-0.39, 0.29) is 18.2 Å². The highest BCUT2D eigenvalue weighted by Gasteiger charge is 2.39. The van der Waals surface area contributed by atoms with Gasteiger partial charge in [0.2, 0.25) is 0 Å². The van der Waals surface area contributed by atoms with Gasteiger partial charge in [-0.3, -0.25) is 0 Å². The SMILES string of the molecule is Cc1c(Br)c(Br)c(C)c2c1C=C[C@@H]1NC(=O)O[C@H]21. The maximum atomic E-state index is 11.4. The predicted molar refractivity (Wildman–Crippen MR) is 76.5 cm³/mol. The van der Waals surface area contributed by atoms with Gasteiger partial charge < -0.3 is 10.1 Å². The van der Waals surface area contributed by atoms with Crippen molar-refractivity contribution in [1.29, 1.82) is 0 Å². The van der Waals surface area contributed by atoms with Crippen LogP contribution in [-0.2, 0) is 4.74 Å². The number of rotatable bonds is 0. The molecule has 0 unspecified atom stereocenters. The number of amides is 1. The van der Waals surface area contributed by atoms with E-state index >= 15 is 0 Å². The Morgan fingerprint density at radius 1 is 1.22 bits per heavy atom. The van der Waals surface area contributed by atoms with Gasteiger partial charge in [-0.15, -0.1) is 0 Å². The molecule has 1 saturated heterocycles. The molecule has 1 amide bonds. The van der Waals surface area contributed by atoms with E-state index in [4.69, 9.17) is 4.74 Å². The Labute approximate surface area is 122 Å². The molecule has 18 heavy (non-hydrogen) atoms. The Hall–Kier alpha value is -0.810. The average Bonchev–Trinajstić information content (AvgIpc) is 2.72. The number of carbonyl (C=O) groups is 1. The second-order valence-electron chi connectivity index (χ2n) is 4.56. The minimum absolute atomic E-state index is 0.0591. The Balaban J connectivity index is 2.28. The van der Waals surface area contributed by atoms with E-state index < -0.39 is 0 Å². The molecular formula is C13H11Br2NO2.